The van der Waals surface area contributed by atoms with Crippen LogP contribution in [0.15, 0.2) is 0 Å². The first-order valence-corrected chi connectivity index (χ1v) is 6.27. The Balaban J connectivity index is 3.40. The average molecular weight is 188 g/mol. The molecule has 70 valence electrons. The Morgan fingerprint density at radius 1 is 1.25 bits per heavy atom. The third kappa shape index (κ3) is 6.81. The van der Waals surface area contributed by atoms with Crippen molar-refractivity contribution >= 4 is 21.1 Å². The number of carbonyl (C=O) groups is 1. The van der Waals surface area contributed by atoms with Crippen molar-refractivity contribution in [2.75, 3.05) is 13.2 Å². The maximum atomic E-state index is 10.0. The highest BCUT2D eigenvalue weighted by atomic mass is 27.2. The molecule has 3 nitrogen and oxygen atoms in total. The zero-order valence-corrected chi connectivity index (χ0v) is 9.07. The smallest absolute Gasteiger partial charge is 0.479 e. The monoisotopic (exact) mass is 188 g/mol. The predicted octanol–water partition coefficient (Wildman–Crippen LogP) is 1.53. The Kier molecular flexibility index (Phi) is 9.31. The van der Waals surface area contributed by atoms with Crippen LogP contribution in [0, 0.1) is 0 Å². The molecule has 0 saturated heterocycles. The first-order valence-electron chi connectivity index (χ1n) is 4.52. The fourth-order valence-corrected chi connectivity index (χ4v) is 2.70. The topological polar surface area (TPSA) is 35.5 Å². The van der Waals surface area contributed by atoms with Gasteiger partial charge in [0.15, 0.2) is 0 Å². The van der Waals surface area contributed by atoms with Crippen LogP contribution in [0.5, 0.6) is 0 Å². The van der Waals surface area contributed by atoms with Crippen molar-refractivity contribution < 1.29 is 12.4 Å². The summed E-state index contributed by atoms with van der Waals surface area (Å²) in [7, 11) is 0. The third-order valence-corrected chi connectivity index (χ3v) is 3.76. The van der Waals surface area contributed by atoms with Crippen LogP contribution in [0.3, 0.4) is 0 Å². The maximum absolute atomic E-state index is 10.0. The zero-order chi connectivity index (χ0) is 9.23. The molecule has 12 heavy (non-hydrogen) atoms. The van der Waals surface area contributed by atoms with Crippen molar-refractivity contribution in [1.82, 2.24) is 0 Å². The summed E-state index contributed by atoms with van der Waals surface area (Å²) in [6.07, 6.45) is 2.48. The summed E-state index contributed by atoms with van der Waals surface area (Å²) in [4.78, 5) is 10.0. The van der Waals surface area contributed by atoms with Crippen LogP contribution in [-0.4, -0.2) is 34.3 Å². The van der Waals surface area contributed by atoms with Gasteiger partial charge in [0.1, 0.15) is 6.29 Å². The van der Waals surface area contributed by atoms with Gasteiger partial charge in [-0.3, -0.25) is 0 Å². The second kappa shape index (κ2) is 9.21. The minimum atomic E-state index is -1.42. The molecule has 4 heteroatoms. The van der Waals surface area contributed by atoms with Gasteiger partial charge < -0.3 is 12.4 Å². The molecule has 0 bridgehead atoms. The number of unbranched alkanes of at least 4 members (excludes halogenated alkanes) is 1. The number of rotatable bonds is 8. The molecule has 0 rings (SSSR count). The van der Waals surface area contributed by atoms with Gasteiger partial charge in [-0.25, -0.2) is 0 Å². The molecule has 0 N–H and O–H groups in total. The predicted molar refractivity (Wildman–Crippen MR) is 49.1 cm³/mol. The lowest BCUT2D eigenvalue weighted by Crippen LogP contribution is -2.22. The van der Waals surface area contributed by atoms with E-state index in [1.807, 2.05) is 13.8 Å². The largest absolute Gasteiger partial charge is 0.674 e. The molecule has 0 aliphatic rings. The van der Waals surface area contributed by atoms with Crippen LogP contribution in [-0.2, 0) is 12.4 Å². The maximum Gasteiger partial charge on any atom is 0.674 e. The fourth-order valence-electron chi connectivity index (χ4n) is 0.954. The molecule has 0 fully saturated rings. The molecule has 0 aliphatic heterocycles. The second-order valence-corrected chi connectivity index (χ2v) is 4.54. The molecule has 0 aromatic heterocycles. The summed E-state index contributed by atoms with van der Waals surface area (Å²) >= 11 is -1.42. The lowest BCUT2D eigenvalue weighted by molar-refractivity contribution is -0.107. The molecule has 0 aromatic carbocycles. The van der Waals surface area contributed by atoms with Gasteiger partial charge in [-0.05, 0) is 19.1 Å². The summed E-state index contributed by atoms with van der Waals surface area (Å²) in [6, 6.07) is 0. The molecular formula is C8H17AlO3. The first kappa shape index (κ1) is 12.1. The normalized spacial score (nSPS) is 9.83. The number of hydrogen-bond donors (Lipinski definition) is 0. The van der Waals surface area contributed by atoms with E-state index in [0.29, 0.717) is 6.42 Å². The summed E-state index contributed by atoms with van der Waals surface area (Å²) in [6.45, 7) is 5.38. The van der Waals surface area contributed by atoms with Crippen LogP contribution in [0.2, 0.25) is 5.28 Å². The summed E-state index contributed by atoms with van der Waals surface area (Å²) in [5, 5.41) is 0.945. The summed E-state index contributed by atoms with van der Waals surface area (Å²) < 4.78 is 10.9. The molecule has 0 spiro atoms. The highest BCUT2D eigenvalue weighted by Gasteiger charge is 2.22. The van der Waals surface area contributed by atoms with Crippen molar-refractivity contribution in [2.24, 2.45) is 0 Å². The molecule has 0 saturated carbocycles. The molecule has 0 heterocycles. The van der Waals surface area contributed by atoms with Crippen LogP contribution in [0.25, 0.3) is 0 Å². The van der Waals surface area contributed by atoms with Crippen LogP contribution >= 0.6 is 0 Å². The third-order valence-electron chi connectivity index (χ3n) is 1.47. The highest BCUT2D eigenvalue weighted by Crippen LogP contribution is 2.03. The summed E-state index contributed by atoms with van der Waals surface area (Å²) in [5.74, 6) is 0. The van der Waals surface area contributed by atoms with E-state index in [2.05, 4.69) is 0 Å². The minimum Gasteiger partial charge on any atom is -0.479 e. The van der Waals surface area contributed by atoms with Crippen molar-refractivity contribution in [2.45, 2.75) is 32.0 Å². The Morgan fingerprint density at radius 3 is 2.25 bits per heavy atom. The fraction of sp³-hybridized carbons (Fsp3) is 0.875. The molecular weight excluding hydrogens is 171 g/mol. The summed E-state index contributed by atoms with van der Waals surface area (Å²) in [5.41, 5.74) is 0. The SMILES string of the molecule is CC[O][Al]([CH2]CCC=O)[O]CC. The molecule has 0 atom stereocenters. The molecule has 0 unspecified atom stereocenters. The number of aldehydes is 1. The van der Waals surface area contributed by atoms with Gasteiger partial charge in [0.2, 0.25) is 0 Å². The van der Waals surface area contributed by atoms with Gasteiger partial charge in [-0.2, -0.15) is 0 Å². The standard InChI is InChI=1S/C4H7O.2C2H5O.Al/c1-2-3-4-5;2*1-2-3;/h4H,1-3H2;2*2H2,1H3;/q;2*-1;+2. The van der Waals surface area contributed by atoms with Gasteiger partial charge in [0.05, 0.1) is 0 Å². The highest BCUT2D eigenvalue weighted by molar-refractivity contribution is 6.44. The Labute approximate surface area is 79.1 Å². The molecule has 0 radical (unpaired) electrons. The van der Waals surface area contributed by atoms with Crippen molar-refractivity contribution in [3.8, 4) is 0 Å². The Hall–Kier alpha value is 0.122. The van der Waals surface area contributed by atoms with E-state index in [1.54, 1.807) is 0 Å². The van der Waals surface area contributed by atoms with Gasteiger partial charge in [0.25, 0.3) is 0 Å². The van der Waals surface area contributed by atoms with Crippen LogP contribution in [0.1, 0.15) is 26.7 Å². The van der Waals surface area contributed by atoms with E-state index in [0.717, 1.165) is 31.2 Å². The van der Waals surface area contributed by atoms with Crippen LogP contribution in [0.4, 0.5) is 0 Å². The minimum absolute atomic E-state index is 0.629. The van der Waals surface area contributed by atoms with E-state index >= 15 is 0 Å². The van der Waals surface area contributed by atoms with E-state index in [9.17, 15) is 4.79 Å². The van der Waals surface area contributed by atoms with Crippen molar-refractivity contribution in [3.63, 3.8) is 0 Å². The molecule has 0 aliphatic carbocycles. The number of hydrogen-bond acceptors (Lipinski definition) is 3. The van der Waals surface area contributed by atoms with E-state index < -0.39 is 14.8 Å². The zero-order valence-electron chi connectivity index (χ0n) is 7.91. The van der Waals surface area contributed by atoms with Gasteiger partial charge in [-0.15, -0.1) is 0 Å². The first-order chi connectivity index (χ1) is 5.85. The quantitative estimate of drug-likeness (QED) is 0.329. The van der Waals surface area contributed by atoms with Gasteiger partial charge in [-0.1, -0.05) is 6.42 Å². The second-order valence-electron chi connectivity index (χ2n) is 2.44. The number of carbonyl (C=O) groups excluding carboxylic acids is 1. The molecule has 0 amide bonds. The van der Waals surface area contributed by atoms with Crippen molar-refractivity contribution in [3.05, 3.63) is 0 Å². The van der Waals surface area contributed by atoms with E-state index in [-0.39, 0.29) is 0 Å². The van der Waals surface area contributed by atoms with Gasteiger partial charge in [0, 0.05) is 19.6 Å². The lowest BCUT2D eigenvalue weighted by atomic mass is 10.4. The van der Waals surface area contributed by atoms with Crippen molar-refractivity contribution in [1.29, 1.82) is 0 Å². The van der Waals surface area contributed by atoms with E-state index in [4.69, 9.17) is 7.58 Å². The van der Waals surface area contributed by atoms with E-state index in [1.165, 1.54) is 0 Å². The van der Waals surface area contributed by atoms with Gasteiger partial charge >= 0.3 is 14.8 Å². The van der Waals surface area contributed by atoms with Crippen LogP contribution < -0.4 is 0 Å². The Bertz CT molecular complexity index is 102. The lowest BCUT2D eigenvalue weighted by Gasteiger charge is -2.09. The Morgan fingerprint density at radius 2 is 1.83 bits per heavy atom. The average Bonchev–Trinajstić information content (AvgIpc) is 2.06. The molecule has 0 aromatic rings.